The first kappa shape index (κ1) is 14.1. The second kappa shape index (κ2) is 6.53. The van der Waals surface area contributed by atoms with Crippen molar-refractivity contribution >= 4 is 41.1 Å². The summed E-state index contributed by atoms with van der Waals surface area (Å²) in [5.74, 6) is -0.409. The van der Waals surface area contributed by atoms with Gasteiger partial charge in [0, 0.05) is 21.3 Å². The van der Waals surface area contributed by atoms with Gasteiger partial charge in [0.15, 0.2) is 0 Å². The summed E-state index contributed by atoms with van der Waals surface area (Å²) in [4.78, 5) is 21.7. The summed E-state index contributed by atoms with van der Waals surface area (Å²) in [6.07, 6.45) is 0.516. The SMILES string of the molecule is CNC(=O)C(C=O)SP(=S)(OC)OC. The first-order chi connectivity index (χ1) is 6.52. The van der Waals surface area contributed by atoms with Gasteiger partial charge in [0.05, 0.1) is 0 Å². The van der Waals surface area contributed by atoms with Crippen LogP contribution in [0.15, 0.2) is 0 Å². The summed E-state index contributed by atoms with van der Waals surface area (Å²) < 4.78 is 9.88. The Bertz CT molecular complexity index is 252. The molecule has 14 heavy (non-hydrogen) atoms. The van der Waals surface area contributed by atoms with E-state index in [2.05, 4.69) is 5.32 Å². The van der Waals surface area contributed by atoms with Crippen LogP contribution in [0.5, 0.6) is 0 Å². The second-order valence-electron chi connectivity index (χ2n) is 2.09. The zero-order valence-electron chi connectivity index (χ0n) is 8.05. The molecule has 0 aliphatic heterocycles. The van der Waals surface area contributed by atoms with Gasteiger partial charge in [-0.05, 0) is 23.2 Å². The van der Waals surface area contributed by atoms with Gasteiger partial charge in [0.2, 0.25) is 11.6 Å². The van der Waals surface area contributed by atoms with Crippen molar-refractivity contribution in [2.24, 2.45) is 0 Å². The number of hydrogen-bond acceptors (Lipinski definition) is 6. The molecular weight excluding hydrogens is 245 g/mol. The van der Waals surface area contributed by atoms with Crippen LogP contribution < -0.4 is 5.32 Å². The van der Waals surface area contributed by atoms with Crippen LogP contribution in [0.25, 0.3) is 0 Å². The molecule has 5 nitrogen and oxygen atoms in total. The van der Waals surface area contributed by atoms with Crippen LogP contribution in [-0.4, -0.2) is 38.7 Å². The van der Waals surface area contributed by atoms with E-state index in [1.165, 1.54) is 21.3 Å². The van der Waals surface area contributed by atoms with Gasteiger partial charge in [-0.1, -0.05) is 0 Å². The number of rotatable bonds is 6. The van der Waals surface area contributed by atoms with Crippen molar-refractivity contribution in [2.45, 2.75) is 5.25 Å². The van der Waals surface area contributed by atoms with Gasteiger partial charge >= 0.3 is 0 Å². The molecule has 1 N–H and O–H groups in total. The first-order valence-electron chi connectivity index (χ1n) is 3.59. The molecular formula is C6H12NO4PS2. The van der Waals surface area contributed by atoms with Crippen LogP contribution in [0.3, 0.4) is 0 Å². The average Bonchev–Trinajstić information content (AvgIpc) is 2.24. The second-order valence-corrected chi connectivity index (χ2v) is 8.64. The normalized spacial score (nSPS) is 13.4. The van der Waals surface area contributed by atoms with Gasteiger partial charge in [0.1, 0.15) is 11.5 Å². The van der Waals surface area contributed by atoms with E-state index in [1.807, 2.05) is 0 Å². The third-order valence-corrected chi connectivity index (χ3v) is 7.04. The minimum absolute atomic E-state index is 0.409. The van der Waals surface area contributed by atoms with E-state index in [0.29, 0.717) is 6.29 Å². The van der Waals surface area contributed by atoms with Crippen LogP contribution in [0.4, 0.5) is 0 Å². The fourth-order valence-corrected chi connectivity index (χ4v) is 4.06. The van der Waals surface area contributed by atoms with E-state index < -0.39 is 16.9 Å². The van der Waals surface area contributed by atoms with Crippen LogP contribution in [-0.2, 0) is 30.4 Å². The van der Waals surface area contributed by atoms with E-state index in [4.69, 9.17) is 20.9 Å². The van der Waals surface area contributed by atoms with E-state index in [1.54, 1.807) is 0 Å². The molecule has 0 aromatic carbocycles. The average molecular weight is 257 g/mol. The molecule has 82 valence electrons. The number of carbonyl (C=O) groups is 2. The number of amides is 1. The van der Waals surface area contributed by atoms with Crippen LogP contribution >= 0.6 is 17.1 Å². The quantitative estimate of drug-likeness (QED) is 0.426. The van der Waals surface area contributed by atoms with Crippen LogP contribution in [0, 0.1) is 0 Å². The van der Waals surface area contributed by atoms with E-state index in [9.17, 15) is 9.59 Å². The Morgan fingerprint density at radius 1 is 1.57 bits per heavy atom. The lowest BCUT2D eigenvalue weighted by molar-refractivity contribution is -0.122. The van der Waals surface area contributed by atoms with Gasteiger partial charge < -0.3 is 19.2 Å². The summed E-state index contributed by atoms with van der Waals surface area (Å²) in [5, 5.41) is 1.47. The lowest BCUT2D eigenvalue weighted by atomic mass is 10.4. The third kappa shape index (κ3) is 4.06. The highest BCUT2D eigenvalue weighted by Gasteiger charge is 2.27. The summed E-state index contributed by atoms with van der Waals surface area (Å²) in [6, 6.07) is 0. The Kier molecular flexibility index (Phi) is 6.55. The Morgan fingerprint density at radius 2 is 2.07 bits per heavy atom. The fraction of sp³-hybridized carbons (Fsp3) is 0.667. The molecule has 0 spiro atoms. The van der Waals surface area contributed by atoms with E-state index in [-0.39, 0.29) is 0 Å². The van der Waals surface area contributed by atoms with Crippen molar-refractivity contribution in [3.05, 3.63) is 0 Å². The van der Waals surface area contributed by atoms with Crippen molar-refractivity contribution in [3.63, 3.8) is 0 Å². The molecule has 0 radical (unpaired) electrons. The third-order valence-electron chi connectivity index (χ3n) is 1.32. The molecule has 0 aliphatic rings. The molecule has 0 saturated heterocycles. The Labute approximate surface area is 91.8 Å². The molecule has 1 atom stereocenters. The minimum atomic E-state index is -2.56. The molecule has 0 aromatic heterocycles. The number of nitrogens with one attached hydrogen (secondary N) is 1. The van der Waals surface area contributed by atoms with Crippen molar-refractivity contribution in [1.29, 1.82) is 0 Å². The molecule has 0 saturated carbocycles. The number of hydrogen-bond donors (Lipinski definition) is 1. The summed E-state index contributed by atoms with van der Waals surface area (Å²) in [7, 11) is 4.23. The highest BCUT2D eigenvalue weighted by molar-refractivity contribution is 8.68. The molecule has 0 bridgehead atoms. The molecule has 0 fully saturated rings. The number of carbonyl (C=O) groups excluding carboxylic acids is 2. The molecule has 0 aliphatic carbocycles. The zero-order chi connectivity index (χ0) is 11.2. The van der Waals surface area contributed by atoms with E-state index >= 15 is 0 Å². The van der Waals surface area contributed by atoms with Crippen molar-refractivity contribution in [3.8, 4) is 0 Å². The maximum atomic E-state index is 11.1. The molecule has 0 rings (SSSR count). The minimum Gasteiger partial charge on any atom is -0.358 e. The molecule has 8 heteroatoms. The lowest BCUT2D eigenvalue weighted by Crippen LogP contribution is -2.30. The van der Waals surface area contributed by atoms with Gasteiger partial charge in [-0.15, -0.1) is 0 Å². The maximum Gasteiger partial charge on any atom is 0.248 e. The fourth-order valence-electron chi connectivity index (χ4n) is 0.576. The van der Waals surface area contributed by atoms with E-state index in [0.717, 1.165) is 11.4 Å². The Hall–Kier alpha value is 0.0600. The van der Waals surface area contributed by atoms with Crippen molar-refractivity contribution in [2.75, 3.05) is 21.3 Å². The van der Waals surface area contributed by atoms with Gasteiger partial charge in [-0.3, -0.25) is 4.79 Å². The van der Waals surface area contributed by atoms with Crippen LogP contribution in [0.1, 0.15) is 0 Å². The topological polar surface area (TPSA) is 64.6 Å². The number of aldehydes is 1. The lowest BCUT2D eigenvalue weighted by Gasteiger charge is -2.19. The summed E-state index contributed by atoms with van der Waals surface area (Å²) >= 11 is 5.93. The highest BCUT2D eigenvalue weighted by atomic mass is 32.9. The Balaban J connectivity index is 4.52. The van der Waals surface area contributed by atoms with Crippen molar-refractivity contribution < 1.29 is 18.6 Å². The summed E-state index contributed by atoms with van der Waals surface area (Å²) in [5.41, 5.74) is -2.56. The van der Waals surface area contributed by atoms with Gasteiger partial charge in [-0.25, -0.2) is 0 Å². The van der Waals surface area contributed by atoms with Gasteiger partial charge in [-0.2, -0.15) is 0 Å². The largest absolute Gasteiger partial charge is 0.358 e. The molecule has 0 heterocycles. The maximum absolute atomic E-state index is 11.1. The molecule has 0 aromatic rings. The summed E-state index contributed by atoms with van der Waals surface area (Å²) in [6.45, 7) is 0. The first-order valence-corrected chi connectivity index (χ1v) is 7.72. The van der Waals surface area contributed by atoms with Crippen molar-refractivity contribution in [1.82, 2.24) is 5.32 Å². The van der Waals surface area contributed by atoms with Crippen LogP contribution in [0.2, 0.25) is 0 Å². The predicted octanol–water partition coefficient (Wildman–Crippen LogP) is 0.550. The monoisotopic (exact) mass is 257 g/mol. The predicted molar refractivity (Wildman–Crippen MR) is 59.8 cm³/mol. The molecule has 1 unspecified atom stereocenters. The van der Waals surface area contributed by atoms with Gasteiger partial charge in [0.25, 0.3) is 0 Å². The highest BCUT2D eigenvalue weighted by Crippen LogP contribution is 2.61. The smallest absolute Gasteiger partial charge is 0.248 e. The standard InChI is InChI=1S/C6H12NO4PS2/c1-7-6(9)5(4-8)14-12(13,10-2)11-3/h4-5H,1-3H3,(H,7,9). The zero-order valence-corrected chi connectivity index (χ0v) is 10.6. The molecule has 1 amide bonds. The Morgan fingerprint density at radius 3 is 2.36 bits per heavy atom.